The van der Waals surface area contributed by atoms with E-state index in [1.54, 1.807) is 22.7 Å². The first-order valence-electron chi connectivity index (χ1n) is 4.45. The maximum atomic E-state index is 4.29. The van der Waals surface area contributed by atoms with E-state index in [0.29, 0.717) is 0 Å². The van der Waals surface area contributed by atoms with Gasteiger partial charge in [-0.1, -0.05) is 0 Å². The van der Waals surface area contributed by atoms with Crippen molar-refractivity contribution >= 4 is 28.4 Å². The van der Waals surface area contributed by atoms with Gasteiger partial charge >= 0.3 is 0 Å². The van der Waals surface area contributed by atoms with Crippen LogP contribution in [-0.4, -0.2) is 4.98 Å². The summed E-state index contributed by atoms with van der Waals surface area (Å²) in [7, 11) is 0. The maximum Gasteiger partial charge on any atom is 0.0795 e. The highest BCUT2D eigenvalue weighted by molar-refractivity contribution is 7.08. The average Bonchev–Trinajstić information content (AvgIpc) is 2.77. The fraction of sp³-hybridized carbons (Fsp3) is 0.300. The Kier molecular flexibility index (Phi) is 2.84. The van der Waals surface area contributed by atoms with Gasteiger partial charge in [-0.2, -0.15) is 0 Å². The van der Waals surface area contributed by atoms with E-state index >= 15 is 0 Å². The molecular weight excluding hydrogens is 212 g/mol. The molecule has 0 bridgehead atoms. The molecule has 74 valence electrons. The Morgan fingerprint density at radius 2 is 2.14 bits per heavy atom. The molecule has 1 N–H and O–H groups in total. The van der Waals surface area contributed by atoms with Gasteiger partial charge in [-0.25, -0.2) is 4.98 Å². The second-order valence-corrected chi connectivity index (χ2v) is 4.71. The van der Waals surface area contributed by atoms with E-state index in [9.17, 15) is 0 Å². The zero-order valence-corrected chi connectivity index (χ0v) is 9.78. The Morgan fingerprint density at radius 3 is 2.71 bits per heavy atom. The number of thiazole rings is 1. The molecule has 2 rings (SSSR count). The quantitative estimate of drug-likeness (QED) is 0.860. The third-order valence-electron chi connectivity index (χ3n) is 2.12. The van der Waals surface area contributed by atoms with Gasteiger partial charge in [0.15, 0.2) is 0 Å². The molecular formula is C10H12N2S2. The number of hydrogen-bond donors (Lipinski definition) is 1. The first-order chi connectivity index (χ1) is 6.77. The third-order valence-corrected chi connectivity index (χ3v) is 3.59. The summed E-state index contributed by atoms with van der Waals surface area (Å²) < 4.78 is 0. The minimum atomic E-state index is 0.287. The van der Waals surface area contributed by atoms with Crippen molar-refractivity contribution in [1.29, 1.82) is 0 Å². The molecule has 2 heterocycles. The highest BCUT2D eigenvalue weighted by atomic mass is 32.1. The van der Waals surface area contributed by atoms with Crippen molar-refractivity contribution in [1.82, 2.24) is 4.98 Å². The van der Waals surface area contributed by atoms with Crippen LogP contribution in [0.5, 0.6) is 0 Å². The van der Waals surface area contributed by atoms with Crippen molar-refractivity contribution in [2.45, 2.75) is 19.9 Å². The lowest BCUT2D eigenvalue weighted by atomic mass is 10.2. The molecule has 2 aromatic heterocycles. The largest absolute Gasteiger partial charge is 0.376 e. The topological polar surface area (TPSA) is 24.9 Å². The number of aryl methyl sites for hydroxylation is 1. The standard InChI is InChI=1S/C10H12N2S2/c1-7-3-13-4-9(7)12-8(2)10-5-14-6-11-10/h3-6,8,12H,1-2H3. The monoisotopic (exact) mass is 224 g/mol. The highest BCUT2D eigenvalue weighted by Crippen LogP contribution is 2.24. The number of anilines is 1. The van der Waals surface area contributed by atoms with Crippen LogP contribution < -0.4 is 5.32 Å². The molecule has 0 radical (unpaired) electrons. The molecule has 4 heteroatoms. The van der Waals surface area contributed by atoms with Crippen molar-refractivity contribution in [3.05, 3.63) is 32.9 Å². The summed E-state index contributed by atoms with van der Waals surface area (Å²) in [6.07, 6.45) is 0. The molecule has 1 atom stereocenters. The summed E-state index contributed by atoms with van der Waals surface area (Å²) >= 11 is 3.36. The third kappa shape index (κ3) is 1.96. The lowest BCUT2D eigenvalue weighted by molar-refractivity contribution is 0.849. The van der Waals surface area contributed by atoms with E-state index in [4.69, 9.17) is 0 Å². The van der Waals surface area contributed by atoms with E-state index in [1.165, 1.54) is 11.3 Å². The Morgan fingerprint density at radius 1 is 1.29 bits per heavy atom. The smallest absolute Gasteiger partial charge is 0.0795 e. The number of nitrogens with zero attached hydrogens (tertiary/aromatic N) is 1. The number of nitrogens with one attached hydrogen (secondary N) is 1. The molecule has 0 amide bonds. The summed E-state index contributed by atoms with van der Waals surface area (Å²) in [5, 5.41) is 9.82. The first-order valence-corrected chi connectivity index (χ1v) is 6.33. The fourth-order valence-corrected chi connectivity index (χ4v) is 2.69. The van der Waals surface area contributed by atoms with E-state index in [1.807, 2.05) is 5.51 Å². The highest BCUT2D eigenvalue weighted by Gasteiger charge is 2.08. The molecule has 0 aliphatic rings. The van der Waals surface area contributed by atoms with Crippen LogP contribution in [0.25, 0.3) is 0 Å². The molecule has 0 saturated heterocycles. The summed E-state index contributed by atoms with van der Waals surface area (Å²) in [6.45, 7) is 4.25. The zero-order valence-electron chi connectivity index (χ0n) is 8.15. The summed E-state index contributed by atoms with van der Waals surface area (Å²) in [4.78, 5) is 4.29. The van der Waals surface area contributed by atoms with Gasteiger partial charge in [-0.05, 0) is 24.8 Å². The lowest BCUT2D eigenvalue weighted by Gasteiger charge is -2.12. The lowest BCUT2D eigenvalue weighted by Crippen LogP contribution is -2.06. The van der Waals surface area contributed by atoms with Crippen molar-refractivity contribution < 1.29 is 0 Å². The Bertz CT molecular complexity index is 392. The van der Waals surface area contributed by atoms with Gasteiger partial charge in [0.05, 0.1) is 17.2 Å². The average molecular weight is 224 g/mol. The minimum Gasteiger partial charge on any atom is -0.376 e. The van der Waals surface area contributed by atoms with E-state index < -0.39 is 0 Å². The van der Waals surface area contributed by atoms with Crippen LogP contribution >= 0.6 is 22.7 Å². The first kappa shape index (κ1) is 9.68. The predicted molar refractivity (Wildman–Crippen MR) is 63.2 cm³/mol. The summed E-state index contributed by atoms with van der Waals surface area (Å²) in [5.74, 6) is 0. The fourth-order valence-electron chi connectivity index (χ4n) is 1.25. The van der Waals surface area contributed by atoms with E-state index in [0.717, 1.165) is 5.69 Å². The van der Waals surface area contributed by atoms with Crippen LogP contribution in [0.2, 0.25) is 0 Å². The van der Waals surface area contributed by atoms with Crippen molar-refractivity contribution in [3.63, 3.8) is 0 Å². The van der Waals surface area contributed by atoms with Crippen molar-refractivity contribution in [3.8, 4) is 0 Å². The summed E-state index contributed by atoms with van der Waals surface area (Å²) in [6, 6.07) is 0.287. The van der Waals surface area contributed by atoms with Gasteiger partial charge in [0.2, 0.25) is 0 Å². The Balaban J connectivity index is 2.09. The molecule has 0 aliphatic heterocycles. The predicted octanol–water partition coefficient (Wildman–Crippen LogP) is 3.69. The normalized spacial score (nSPS) is 12.7. The second-order valence-electron chi connectivity index (χ2n) is 3.25. The molecule has 0 spiro atoms. The molecule has 0 aromatic carbocycles. The number of rotatable bonds is 3. The van der Waals surface area contributed by atoms with Gasteiger partial charge < -0.3 is 5.32 Å². The van der Waals surface area contributed by atoms with E-state index in [2.05, 4.69) is 40.3 Å². The SMILES string of the molecule is Cc1cscc1NC(C)c1cscn1. The molecule has 2 aromatic rings. The number of aromatic nitrogens is 1. The number of hydrogen-bond acceptors (Lipinski definition) is 4. The van der Waals surface area contributed by atoms with Crippen LogP contribution in [0, 0.1) is 6.92 Å². The molecule has 1 unspecified atom stereocenters. The van der Waals surface area contributed by atoms with Gasteiger partial charge in [0.25, 0.3) is 0 Å². The van der Waals surface area contributed by atoms with Crippen LogP contribution in [0.1, 0.15) is 24.2 Å². The van der Waals surface area contributed by atoms with Crippen LogP contribution in [-0.2, 0) is 0 Å². The molecule has 0 aliphatic carbocycles. The Labute approximate surface area is 91.6 Å². The molecule has 14 heavy (non-hydrogen) atoms. The van der Waals surface area contributed by atoms with Gasteiger partial charge in [-0.3, -0.25) is 0 Å². The van der Waals surface area contributed by atoms with Gasteiger partial charge in [0, 0.05) is 16.4 Å². The van der Waals surface area contributed by atoms with Crippen molar-refractivity contribution in [2.24, 2.45) is 0 Å². The van der Waals surface area contributed by atoms with Gasteiger partial charge in [-0.15, -0.1) is 22.7 Å². The molecule has 2 nitrogen and oxygen atoms in total. The maximum absolute atomic E-state index is 4.29. The van der Waals surface area contributed by atoms with Crippen LogP contribution in [0.3, 0.4) is 0 Å². The minimum absolute atomic E-state index is 0.287. The van der Waals surface area contributed by atoms with Crippen molar-refractivity contribution in [2.75, 3.05) is 5.32 Å². The van der Waals surface area contributed by atoms with Crippen LogP contribution in [0.15, 0.2) is 21.7 Å². The van der Waals surface area contributed by atoms with E-state index in [-0.39, 0.29) is 6.04 Å². The second kappa shape index (κ2) is 4.11. The number of thiophene rings is 1. The van der Waals surface area contributed by atoms with Gasteiger partial charge in [0.1, 0.15) is 0 Å². The van der Waals surface area contributed by atoms with Crippen LogP contribution in [0.4, 0.5) is 5.69 Å². The zero-order chi connectivity index (χ0) is 9.97. The Hall–Kier alpha value is -0.870. The summed E-state index contributed by atoms with van der Waals surface area (Å²) in [5.41, 5.74) is 5.50. The molecule has 0 saturated carbocycles. The molecule has 0 fully saturated rings.